The van der Waals surface area contributed by atoms with Crippen LogP contribution in [0.4, 0.5) is 16.3 Å². The average Bonchev–Trinajstić information content (AvgIpc) is 3.08. The number of carbonyl (C=O) groups is 1. The van der Waals surface area contributed by atoms with E-state index in [1.54, 1.807) is 23.3 Å². The van der Waals surface area contributed by atoms with Crippen molar-refractivity contribution in [1.82, 2.24) is 20.1 Å². The van der Waals surface area contributed by atoms with Crippen LogP contribution in [0, 0.1) is 0 Å². The fraction of sp³-hybridized carbons (Fsp3) is 0.471. The molecule has 1 atom stereocenters. The molecule has 3 rings (SSSR count). The molecule has 2 aromatic rings. The summed E-state index contributed by atoms with van der Waals surface area (Å²) in [5.74, 6) is 0.940. The maximum atomic E-state index is 11.9. The van der Waals surface area contributed by atoms with Crippen LogP contribution in [-0.2, 0) is 17.8 Å². The zero-order chi connectivity index (χ0) is 17.6. The first-order chi connectivity index (χ1) is 12.1. The lowest BCUT2D eigenvalue weighted by Gasteiger charge is -2.32. The Morgan fingerprint density at radius 2 is 2.28 bits per heavy atom. The molecule has 2 aromatic heterocycles. The van der Waals surface area contributed by atoms with Crippen molar-refractivity contribution in [2.24, 2.45) is 0 Å². The SMILES string of the molecule is CCn1cc(NC(=O)NCc2ccc(N3CCO[C@H](C)C3)nc2)cn1. The van der Waals surface area contributed by atoms with Crippen LogP contribution in [0.1, 0.15) is 19.4 Å². The molecular formula is C17H24N6O2. The number of carbonyl (C=O) groups excluding carboxylic acids is 1. The van der Waals surface area contributed by atoms with Gasteiger partial charge in [0.2, 0.25) is 0 Å². The Balaban J connectivity index is 1.48. The number of anilines is 2. The average molecular weight is 344 g/mol. The van der Waals surface area contributed by atoms with Gasteiger partial charge in [-0.15, -0.1) is 0 Å². The molecular weight excluding hydrogens is 320 g/mol. The first-order valence-corrected chi connectivity index (χ1v) is 8.53. The standard InChI is InChI=1S/C17H24N6O2/c1-3-23-12-15(10-20-23)21-17(24)19-9-14-4-5-16(18-8-14)22-6-7-25-13(2)11-22/h4-5,8,10,12-13H,3,6-7,9,11H2,1-2H3,(H2,19,21,24)/t13-/m1/s1. The molecule has 0 bridgehead atoms. The number of nitrogens with zero attached hydrogens (tertiary/aromatic N) is 4. The molecule has 25 heavy (non-hydrogen) atoms. The highest BCUT2D eigenvalue weighted by Gasteiger charge is 2.17. The lowest BCUT2D eigenvalue weighted by molar-refractivity contribution is 0.0529. The highest BCUT2D eigenvalue weighted by molar-refractivity contribution is 5.88. The maximum absolute atomic E-state index is 11.9. The molecule has 2 N–H and O–H groups in total. The molecule has 1 fully saturated rings. The summed E-state index contributed by atoms with van der Waals surface area (Å²) in [6.07, 6.45) is 5.44. The van der Waals surface area contributed by atoms with Gasteiger partial charge < -0.3 is 20.3 Å². The van der Waals surface area contributed by atoms with Crippen LogP contribution in [0.15, 0.2) is 30.7 Å². The molecule has 3 heterocycles. The Morgan fingerprint density at radius 1 is 1.40 bits per heavy atom. The molecule has 8 heteroatoms. The Bertz CT molecular complexity index is 699. The van der Waals surface area contributed by atoms with Crippen molar-refractivity contribution < 1.29 is 9.53 Å². The topological polar surface area (TPSA) is 84.3 Å². The summed E-state index contributed by atoms with van der Waals surface area (Å²) in [6.45, 7) is 7.66. The second kappa shape index (κ2) is 7.98. The van der Waals surface area contributed by atoms with E-state index in [-0.39, 0.29) is 12.1 Å². The predicted molar refractivity (Wildman–Crippen MR) is 95.6 cm³/mol. The molecule has 1 saturated heterocycles. The van der Waals surface area contributed by atoms with E-state index in [4.69, 9.17) is 4.74 Å². The second-order valence-corrected chi connectivity index (χ2v) is 6.04. The zero-order valence-corrected chi connectivity index (χ0v) is 14.6. The van der Waals surface area contributed by atoms with E-state index < -0.39 is 0 Å². The number of urea groups is 1. The third kappa shape index (κ3) is 4.69. The van der Waals surface area contributed by atoms with Crippen LogP contribution < -0.4 is 15.5 Å². The number of nitrogens with one attached hydrogen (secondary N) is 2. The molecule has 134 valence electrons. The molecule has 0 aromatic carbocycles. The first-order valence-electron chi connectivity index (χ1n) is 8.53. The number of rotatable bonds is 5. The van der Waals surface area contributed by atoms with Gasteiger partial charge in [-0.05, 0) is 25.5 Å². The van der Waals surface area contributed by atoms with Gasteiger partial charge in [-0.1, -0.05) is 6.07 Å². The van der Waals surface area contributed by atoms with Gasteiger partial charge >= 0.3 is 6.03 Å². The molecule has 1 aliphatic rings. The third-order valence-electron chi connectivity index (χ3n) is 4.04. The molecule has 0 unspecified atom stereocenters. The van der Waals surface area contributed by atoms with Crippen LogP contribution >= 0.6 is 0 Å². The van der Waals surface area contributed by atoms with Crippen LogP contribution in [0.5, 0.6) is 0 Å². The summed E-state index contributed by atoms with van der Waals surface area (Å²) in [6, 6.07) is 3.71. The number of aromatic nitrogens is 3. The van der Waals surface area contributed by atoms with E-state index in [1.165, 1.54) is 0 Å². The summed E-state index contributed by atoms with van der Waals surface area (Å²) in [4.78, 5) is 18.6. The zero-order valence-electron chi connectivity index (χ0n) is 14.6. The van der Waals surface area contributed by atoms with Gasteiger partial charge in [0.25, 0.3) is 0 Å². The molecule has 0 aliphatic carbocycles. The second-order valence-electron chi connectivity index (χ2n) is 6.04. The number of ether oxygens (including phenoxy) is 1. The molecule has 1 aliphatic heterocycles. The van der Waals surface area contributed by atoms with Crippen molar-refractivity contribution in [2.45, 2.75) is 33.0 Å². The van der Waals surface area contributed by atoms with Crippen molar-refractivity contribution in [3.8, 4) is 0 Å². The van der Waals surface area contributed by atoms with Crippen LogP contribution in [0.25, 0.3) is 0 Å². The number of morpholine rings is 1. The third-order valence-corrected chi connectivity index (χ3v) is 4.04. The molecule has 0 spiro atoms. The fourth-order valence-corrected chi connectivity index (χ4v) is 2.69. The Labute approximate surface area is 147 Å². The molecule has 8 nitrogen and oxygen atoms in total. The Hall–Kier alpha value is -2.61. The lowest BCUT2D eigenvalue weighted by Crippen LogP contribution is -2.41. The summed E-state index contributed by atoms with van der Waals surface area (Å²) in [5, 5.41) is 9.70. The van der Waals surface area contributed by atoms with Gasteiger partial charge in [-0.3, -0.25) is 4.68 Å². The summed E-state index contributed by atoms with van der Waals surface area (Å²) >= 11 is 0. The number of amides is 2. The van der Waals surface area contributed by atoms with Crippen molar-refractivity contribution in [3.63, 3.8) is 0 Å². The minimum Gasteiger partial charge on any atom is -0.375 e. The highest BCUT2D eigenvalue weighted by atomic mass is 16.5. The van der Waals surface area contributed by atoms with Crippen molar-refractivity contribution >= 4 is 17.5 Å². The number of pyridine rings is 1. The summed E-state index contributed by atoms with van der Waals surface area (Å²) in [5.41, 5.74) is 1.62. The number of hydrogen-bond donors (Lipinski definition) is 2. The van der Waals surface area contributed by atoms with Gasteiger partial charge in [0.05, 0.1) is 24.6 Å². The minimum atomic E-state index is -0.262. The number of aryl methyl sites for hydroxylation is 1. The van der Waals surface area contributed by atoms with Crippen molar-refractivity contribution in [3.05, 3.63) is 36.3 Å². The smallest absolute Gasteiger partial charge is 0.319 e. The fourth-order valence-electron chi connectivity index (χ4n) is 2.69. The first kappa shape index (κ1) is 17.2. The van der Waals surface area contributed by atoms with Crippen LogP contribution in [-0.4, -0.2) is 46.6 Å². The largest absolute Gasteiger partial charge is 0.375 e. The summed E-state index contributed by atoms with van der Waals surface area (Å²) in [7, 11) is 0. The highest BCUT2D eigenvalue weighted by Crippen LogP contribution is 2.15. The Morgan fingerprint density at radius 3 is 2.96 bits per heavy atom. The van der Waals surface area contributed by atoms with Gasteiger partial charge in [0, 0.05) is 38.6 Å². The van der Waals surface area contributed by atoms with Crippen LogP contribution in [0.3, 0.4) is 0 Å². The van der Waals surface area contributed by atoms with E-state index in [0.717, 1.165) is 37.6 Å². The quantitative estimate of drug-likeness (QED) is 0.865. The predicted octanol–water partition coefficient (Wildman–Crippen LogP) is 1.84. The Kier molecular flexibility index (Phi) is 5.49. The monoisotopic (exact) mass is 344 g/mol. The molecule has 2 amide bonds. The van der Waals surface area contributed by atoms with Gasteiger partial charge in [-0.25, -0.2) is 9.78 Å². The maximum Gasteiger partial charge on any atom is 0.319 e. The molecule has 0 radical (unpaired) electrons. The van der Waals surface area contributed by atoms with Crippen molar-refractivity contribution in [2.75, 3.05) is 29.9 Å². The minimum absolute atomic E-state index is 0.220. The summed E-state index contributed by atoms with van der Waals surface area (Å²) < 4.78 is 7.30. The van der Waals surface area contributed by atoms with E-state index in [1.807, 2.05) is 19.1 Å². The van der Waals surface area contributed by atoms with Crippen LogP contribution in [0.2, 0.25) is 0 Å². The van der Waals surface area contributed by atoms with Gasteiger partial charge in [-0.2, -0.15) is 5.10 Å². The van der Waals surface area contributed by atoms with Gasteiger partial charge in [0.1, 0.15) is 5.82 Å². The van der Waals surface area contributed by atoms with E-state index in [0.29, 0.717) is 12.2 Å². The van der Waals surface area contributed by atoms with E-state index >= 15 is 0 Å². The normalized spacial score (nSPS) is 17.4. The molecule has 0 saturated carbocycles. The van der Waals surface area contributed by atoms with Gasteiger partial charge in [0.15, 0.2) is 0 Å². The van der Waals surface area contributed by atoms with E-state index in [9.17, 15) is 4.79 Å². The van der Waals surface area contributed by atoms with Crippen molar-refractivity contribution in [1.29, 1.82) is 0 Å². The van der Waals surface area contributed by atoms with E-state index in [2.05, 4.69) is 32.5 Å². The number of hydrogen-bond acceptors (Lipinski definition) is 5. The lowest BCUT2D eigenvalue weighted by atomic mass is 10.2.